The Bertz CT molecular complexity index is 669. The molecular formula is C14H11ClN2O3. The van der Waals surface area contributed by atoms with E-state index >= 15 is 0 Å². The average molecular weight is 291 g/mol. The molecule has 0 heterocycles. The van der Waals surface area contributed by atoms with Crippen molar-refractivity contribution in [2.45, 2.75) is 6.92 Å². The molecule has 0 fully saturated rings. The maximum absolute atomic E-state index is 12.0. The van der Waals surface area contributed by atoms with Crippen molar-refractivity contribution in [3.63, 3.8) is 0 Å². The van der Waals surface area contributed by atoms with Crippen LogP contribution in [0.2, 0.25) is 5.02 Å². The minimum Gasteiger partial charge on any atom is -0.322 e. The Hall–Kier alpha value is -2.40. The standard InChI is InChI=1S/C14H11ClN2O3/c1-9-2-4-10(5-3-9)16-14(18)12-7-6-11(17(19)20)8-13(12)15/h2-8H,1H3,(H,16,18). The van der Waals surface area contributed by atoms with Crippen LogP contribution >= 0.6 is 11.6 Å². The highest BCUT2D eigenvalue weighted by molar-refractivity contribution is 6.34. The van der Waals surface area contributed by atoms with E-state index in [1.165, 1.54) is 12.1 Å². The van der Waals surface area contributed by atoms with Crippen LogP contribution in [0.1, 0.15) is 15.9 Å². The van der Waals surface area contributed by atoms with E-state index in [0.29, 0.717) is 5.69 Å². The molecule has 2 aromatic carbocycles. The number of halogens is 1. The Morgan fingerprint density at radius 1 is 1.20 bits per heavy atom. The zero-order valence-electron chi connectivity index (χ0n) is 10.6. The first-order valence-corrected chi connectivity index (χ1v) is 6.17. The number of non-ortho nitro benzene ring substituents is 1. The number of benzene rings is 2. The Morgan fingerprint density at radius 3 is 2.40 bits per heavy atom. The van der Waals surface area contributed by atoms with Crippen LogP contribution in [0.25, 0.3) is 0 Å². The number of nitro groups is 1. The van der Waals surface area contributed by atoms with E-state index < -0.39 is 10.8 Å². The fraction of sp³-hybridized carbons (Fsp3) is 0.0714. The Morgan fingerprint density at radius 2 is 1.85 bits per heavy atom. The number of hydrogen-bond donors (Lipinski definition) is 1. The number of carbonyl (C=O) groups excluding carboxylic acids is 1. The van der Waals surface area contributed by atoms with Crippen molar-refractivity contribution in [2.24, 2.45) is 0 Å². The minimum atomic E-state index is -0.562. The third kappa shape index (κ3) is 3.13. The molecule has 102 valence electrons. The normalized spacial score (nSPS) is 10.1. The number of carbonyl (C=O) groups is 1. The van der Waals surface area contributed by atoms with Crippen molar-refractivity contribution >= 4 is 28.9 Å². The quantitative estimate of drug-likeness (QED) is 0.690. The third-order valence-electron chi connectivity index (χ3n) is 2.72. The molecule has 0 aromatic heterocycles. The maximum atomic E-state index is 12.0. The van der Waals surface area contributed by atoms with Gasteiger partial charge in [0, 0.05) is 17.8 Å². The van der Waals surface area contributed by atoms with Gasteiger partial charge in [0.1, 0.15) is 0 Å². The lowest BCUT2D eigenvalue weighted by Gasteiger charge is -2.07. The molecule has 2 rings (SSSR count). The first-order chi connectivity index (χ1) is 9.47. The fourth-order valence-corrected chi connectivity index (χ4v) is 1.90. The van der Waals surface area contributed by atoms with E-state index in [1.54, 1.807) is 12.1 Å². The Kier molecular flexibility index (Phi) is 4.00. The van der Waals surface area contributed by atoms with Crippen LogP contribution < -0.4 is 5.32 Å². The van der Waals surface area contributed by atoms with Crippen LogP contribution in [0.5, 0.6) is 0 Å². The highest BCUT2D eigenvalue weighted by atomic mass is 35.5. The molecule has 1 amide bonds. The number of rotatable bonds is 3. The van der Waals surface area contributed by atoms with Crippen LogP contribution in [-0.2, 0) is 0 Å². The summed E-state index contributed by atoms with van der Waals surface area (Å²) in [6.07, 6.45) is 0. The highest BCUT2D eigenvalue weighted by Gasteiger charge is 2.14. The molecule has 5 nitrogen and oxygen atoms in total. The fourth-order valence-electron chi connectivity index (χ4n) is 1.64. The molecule has 0 bridgehead atoms. The molecule has 0 aliphatic rings. The zero-order valence-corrected chi connectivity index (χ0v) is 11.3. The van der Waals surface area contributed by atoms with Crippen LogP contribution in [0.4, 0.5) is 11.4 Å². The molecule has 0 saturated heterocycles. The van der Waals surface area contributed by atoms with Crippen molar-refractivity contribution in [3.8, 4) is 0 Å². The molecule has 2 aromatic rings. The predicted octanol–water partition coefficient (Wildman–Crippen LogP) is 3.81. The summed E-state index contributed by atoms with van der Waals surface area (Å²) < 4.78 is 0. The average Bonchev–Trinajstić information content (AvgIpc) is 2.41. The lowest BCUT2D eigenvalue weighted by atomic mass is 10.1. The van der Waals surface area contributed by atoms with E-state index in [1.807, 2.05) is 19.1 Å². The van der Waals surface area contributed by atoms with E-state index in [9.17, 15) is 14.9 Å². The number of nitrogens with zero attached hydrogens (tertiary/aromatic N) is 1. The van der Waals surface area contributed by atoms with Crippen molar-refractivity contribution in [2.75, 3.05) is 5.32 Å². The first-order valence-electron chi connectivity index (χ1n) is 5.79. The molecular weight excluding hydrogens is 280 g/mol. The number of amides is 1. The van der Waals surface area contributed by atoms with Gasteiger partial charge in [0.05, 0.1) is 15.5 Å². The van der Waals surface area contributed by atoms with Gasteiger partial charge in [-0.1, -0.05) is 29.3 Å². The van der Waals surface area contributed by atoms with Gasteiger partial charge >= 0.3 is 0 Å². The molecule has 0 unspecified atom stereocenters. The van der Waals surface area contributed by atoms with E-state index in [2.05, 4.69) is 5.32 Å². The summed E-state index contributed by atoms with van der Waals surface area (Å²) in [5, 5.41) is 13.3. The molecule has 0 saturated carbocycles. The van der Waals surface area contributed by atoms with Crippen molar-refractivity contribution in [1.29, 1.82) is 0 Å². The van der Waals surface area contributed by atoms with Crippen molar-refractivity contribution < 1.29 is 9.72 Å². The number of aryl methyl sites for hydroxylation is 1. The van der Waals surface area contributed by atoms with Crippen LogP contribution in [0.15, 0.2) is 42.5 Å². The number of nitro benzene ring substituents is 1. The van der Waals surface area contributed by atoms with Gasteiger partial charge < -0.3 is 5.32 Å². The van der Waals surface area contributed by atoms with Gasteiger partial charge in [-0.05, 0) is 25.1 Å². The van der Waals surface area contributed by atoms with Crippen LogP contribution in [0, 0.1) is 17.0 Å². The maximum Gasteiger partial charge on any atom is 0.270 e. The second-order valence-corrected chi connectivity index (χ2v) is 4.65. The second-order valence-electron chi connectivity index (χ2n) is 4.24. The SMILES string of the molecule is Cc1ccc(NC(=O)c2ccc([N+](=O)[O-])cc2Cl)cc1. The van der Waals surface area contributed by atoms with Gasteiger partial charge in [-0.3, -0.25) is 14.9 Å². The third-order valence-corrected chi connectivity index (χ3v) is 3.03. The lowest BCUT2D eigenvalue weighted by Crippen LogP contribution is -2.12. The molecule has 0 radical (unpaired) electrons. The second kappa shape index (κ2) is 5.71. The van der Waals surface area contributed by atoms with Gasteiger partial charge in [0.25, 0.3) is 11.6 Å². The number of hydrogen-bond acceptors (Lipinski definition) is 3. The van der Waals surface area contributed by atoms with Gasteiger partial charge in [0.2, 0.25) is 0 Å². The molecule has 6 heteroatoms. The summed E-state index contributed by atoms with van der Waals surface area (Å²) in [4.78, 5) is 22.1. The first kappa shape index (κ1) is 14.0. The van der Waals surface area contributed by atoms with Gasteiger partial charge in [-0.25, -0.2) is 0 Å². The van der Waals surface area contributed by atoms with Crippen molar-refractivity contribution in [1.82, 2.24) is 0 Å². The molecule has 0 spiro atoms. The zero-order chi connectivity index (χ0) is 14.7. The van der Waals surface area contributed by atoms with Crippen LogP contribution in [0.3, 0.4) is 0 Å². The largest absolute Gasteiger partial charge is 0.322 e. The van der Waals surface area contributed by atoms with Crippen molar-refractivity contribution in [3.05, 3.63) is 68.7 Å². The highest BCUT2D eigenvalue weighted by Crippen LogP contribution is 2.23. The van der Waals surface area contributed by atoms with Gasteiger partial charge in [0.15, 0.2) is 0 Å². The molecule has 20 heavy (non-hydrogen) atoms. The summed E-state index contributed by atoms with van der Waals surface area (Å²) in [6, 6.07) is 11.0. The van der Waals surface area contributed by atoms with Gasteiger partial charge in [-0.15, -0.1) is 0 Å². The van der Waals surface area contributed by atoms with E-state index in [0.717, 1.165) is 11.6 Å². The van der Waals surface area contributed by atoms with E-state index in [4.69, 9.17) is 11.6 Å². The molecule has 0 aliphatic heterocycles. The topological polar surface area (TPSA) is 72.2 Å². The number of anilines is 1. The monoisotopic (exact) mass is 290 g/mol. The van der Waals surface area contributed by atoms with Gasteiger partial charge in [-0.2, -0.15) is 0 Å². The Balaban J connectivity index is 2.21. The summed E-state index contributed by atoms with van der Waals surface area (Å²) in [5.41, 5.74) is 1.76. The van der Waals surface area contributed by atoms with E-state index in [-0.39, 0.29) is 16.3 Å². The number of nitrogens with one attached hydrogen (secondary N) is 1. The Labute approximate surface area is 120 Å². The summed E-state index contributed by atoms with van der Waals surface area (Å²) >= 11 is 5.89. The van der Waals surface area contributed by atoms with Crippen LogP contribution in [-0.4, -0.2) is 10.8 Å². The predicted molar refractivity (Wildman–Crippen MR) is 77.2 cm³/mol. The molecule has 0 aliphatic carbocycles. The minimum absolute atomic E-state index is 0.0452. The lowest BCUT2D eigenvalue weighted by molar-refractivity contribution is -0.384. The summed E-state index contributed by atoms with van der Waals surface area (Å²) in [7, 11) is 0. The smallest absolute Gasteiger partial charge is 0.270 e. The molecule has 1 N–H and O–H groups in total. The molecule has 0 atom stereocenters. The summed E-state index contributed by atoms with van der Waals surface area (Å²) in [6.45, 7) is 1.94. The summed E-state index contributed by atoms with van der Waals surface area (Å²) in [5.74, 6) is -0.409.